The van der Waals surface area contributed by atoms with E-state index in [9.17, 15) is 13.2 Å². The van der Waals surface area contributed by atoms with E-state index in [-0.39, 0.29) is 22.7 Å². The highest BCUT2D eigenvalue weighted by Crippen LogP contribution is 2.31. The number of nitrogens with zero attached hydrogens (tertiary/aromatic N) is 4. The summed E-state index contributed by atoms with van der Waals surface area (Å²) < 4.78 is 76.2. The van der Waals surface area contributed by atoms with Crippen molar-refractivity contribution in [2.75, 3.05) is 26.6 Å². The van der Waals surface area contributed by atoms with Gasteiger partial charge in [0.2, 0.25) is 10.0 Å². The number of benzene rings is 1. The van der Waals surface area contributed by atoms with Crippen molar-refractivity contribution in [3.05, 3.63) is 34.2 Å². The minimum absolute atomic E-state index is 0.0956. The van der Waals surface area contributed by atoms with Crippen LogP contribution in [0.25, 0.3) is 22.4 Å². The Morgan fingerprint density at radius 3 is 2.92 bits per heavy atom. The molecule has 196 valence electrons. The number of H-pyrrole nitrogens is 1. The Morgan fingerprint density at radius 1 is 1.33 bits per heavy atom. The van der Waals surface area contributed by atoms with Gasteiger partial charge in [-0.15, -0.1) is 0 Å². The number of aromatic amines is 1. The lowest BCUT2D eigenvalue weighted by Gasteiger charge is -2.19. The summed E-state index contributed by atoms with van der Waals surface area (Å²) in [7, 11) is -2.77. The zero-order chi connectivity index (χ0) is 30.2. The third kappa shape index (κ3) is 5.47. The van der Waals surface area contributed by atoms with Gasteiger partial charge in [-0.2, -0.15) is 5.10 Å². The van der Waals surface area contributed by atoms with Crippen LogP contribution in [0.3, 0.4) is 0 Å². The van der Waals surface area contributed by atoms with Gasteiger partial charge >= 0.3 is 0 Å². The van der Waals surface area contributed by atoms with Crippen molar-refractivity contribution in [1.29, 1.82) is 0 Å². The van der Waals surface area contributed by atoms with E-state index < -0.39 is 35.1 Å². The Kier molecular flexibility index (Phi) is 6.26. The Balaban J connectivity index is 1.72. The van der Waals surface area contributed by atoms with Crippen LogP contribution in [0.1, 0.15) is 58.5 Å². The van der Waals surface area contributed by atoms with Gasteiger partial charge in [0.1, 0.15) is 17.1 Å². The van der Waals surface area contributed by atoms with Crippen molar-refractivity contribution in [3.63, 3.8) is 0 Å². The minimum atomic E-state index is -4.42. The zero-order valence-electron chi connectivity index (χ0n) is 25.8. The summed E-state index contributed by atoms with van der Waals surface area (Å²) in [6.45, 7) is -0.291. The maximum absolute atomic E-state index is 13.4. The molecular weight excluding hydrogens is 480 g/mol. The van der Waals surface area contributed by atoms with Gasteiger partial charge in [0.15, 0.2) is 5.52 Å². The third-order valence-corrected chi connectivity index (χ3v) is 7.44. The van der Waals surface area contributed by atoms with Crippen LogP contribution >= 0.6 is 0 Å². The monoisotopic (exact) mass is 521 g/mol. The molecule has 1 aromatic carbocycles. The Labute approximate surface area is 219 Å². The highest BCUT2D eigenvalue weighted by atomic mass is 32.2. The summed E-state index contributed by atoms with van der Waals surface area (Å²) in [4.78, 5) is 21.4. The number of nitrogens with one attached hydrogen (secondary N) is 2. The minimum Gasteiger partial charge on any atom is -0.493 e. The number of rotatable bonds is 11. The molecule has 10 nitrogen and oxygen atoms in total. The molecule has 3 aromatic rings. The number of fused-ring (bicyclic) bond motifs is 1. The summed E-state index contributed by atoms with van der Waals surface area (Å²) in [6.07, 6.45) is 2.76. The highest BCUT2D eigenvalue weighted by Gasteiger charge is 2.23. The second-order valence-electron chi connectivity index (χ2n) is 8.91. The summed E-state index contributed by atoms with van der Waals surface area (Å²) in [5.74, 6) is 0.398. The van der Waals surface area contributed by atoms with E-state index in [2.05, 4.69) is 19.8 Å². The van der Waals surface area contributed by atoms with Gasteiger partial charge in [0.25, 0.3) is 5.56 Å². The molecular formula is C25H36N6O4S. The second-order valence-corrected chi connectivity index (χ2v) is 10.6. The first-order chi connectivity index (χ1) is 19.2. The van der Waals surface area contributed by atoms with E-state index in [1.807, 2.05) is 13.8 Å². The molecule has 3 heterocycles. The largest absolute Gasteiger partial charge is 0.493 e. The van der Waals surface area contributed by atoms with Crippen LogP contribution in [0.15, 0.2) is 27.9 Å². The molecule has 36 heavy (non-hydrogen) atoms. The van der Waals surface area contributed by atoms with Crippen LogP contribution in [0.4, 0.5) is 0 Å². The molecule has 0 amide bonds. The van der Waals surface area contributed by atoms with Crippen LogP contribution in [0.2, 0.25) is 0 Å². The summed E-state index contributed by atoms with van der Waals surface area (Å²) >= 11 is 0. The van der Waals surface area contributed by atoms with Crippen LogP contribution in [0.5, 0.6) is 5.75 Å². The van der Waals surface area contributed by atoms with Crippen molar-refractivity contribution in [2.24, 2.45) is 7.05 Å². The Hall–Kier alpha value is -2.76. The molecule has 0 spiro atoms. The van der Waals surface area contributed by atoms with Crippen molar-refractivity contribution in [3.8, 4) is 17.1 Å². The number of hydrogen-bond acceptors (Lipinski definition) is 7. The molecule has 0 aliphatic carbocycles. The molecule has 0 bridgehead atoms. The molecule has 1 fully saturated rings. The van der Waals surface area contributed by atoms with Crippen molar-refractivity contribution in [2.45, 2.75) is 63.3 Å². The predicted molar refractivity (Wildman–Crippen MR) is 140 cm³/mol. The fourth-order valence-corrected chi connectivity index (χ4v) is 5.25. The van der Waals surface area contributed by atoms with Gasteiger partial charge in [-0.25, -0.2) is 18.1 Å². The van der Waals surface area contributed by atoms with Gasteiger partial charge in [0, 0.05) is 26.4 Å². The first kappa shape index (κ1) is 20.3. The maximum Gasteiger partial charge on any atom is 0.277 e. The smallest absolute Gasteiger partial charge is 0.277 e. The first-order valence-electron chi connectivity index (χ1n) is 14.7. The topological polar surface area (TPSA) is 122 Å². The zero-order valence-corrected chi connectivity index (χ0v) is 21.6. The number of aryl methyl sites for hydroxylation is 2. The van der Waals surface area contributed by atoms with Crippen LogP contribution in [-0.4, -0.2) is 65.7 Å². The molecule has 0 saturated carbocycles. The molecule has 0 radical (unpaired) electrons. The highest BCUT2D eigenvalue weighted by molar-refractivity contribution is 7.89. The summed E-state index contributed by atoms with van der Waals surface area (Å²) in [5.41, 5.74) is 1.13. The fraction of sp³-hybridized carbons (Fsp3) is 0.560. The van der Waals surface area contributed by atoms with Gasteiger partial charge in [-0.3, -0.25) is 9.48 Å². The van der Waals surface area contributed by atoms with Gasteiger partial charge in [0.05, 0.1) is 22.8 Å². The normalized spacial score (nSPS) is 19.5. The van der Waals surface area contributed by atoms with Crippen LogP contribution < -0.4 is 15.0 Å². The number of aromatic nitrogens is 4. The Morgan fingerprint density at radius 2 is 2.17 bits per heavy atom. The average Bonchev–Trinajstić information content (AvgIpc) is 3.46. The van der Waals surface area contributed by atoms with E-state index in [1.54, 1.807) is 7.05 Å². The van der Waals surface area contributed by atoms with E-state index in [1.165, 1.54) is 27.8 Å². The lowest BCUT2D eigenvalue weighted by Crippen LogP contribution is -2.31. The van der Waals surface area contributed by atoms with E-state index >= 15 is 0 Å². The van der Waals surface area contributed by atoms with Gasteiger partial charge < -0.3 is 14.6 Å². The molecule has 11 heteroatoms. The standard InChI is InChI=1S/C25H36N6O4S/c1-5-8-20-22-23(31(4)29-20)25(32)28-24(27-22)19-16-18(10-11-21(19)35-15-6-2)36(33,34)26-13-12-17-9-7-14-30(17)3/h10-11,16-17,26H,5-9,12-15H2,1-4H3,(H,27,28,32)/i3D3,13D2. The number of hydrogen-bond donors (Lipinski definition) is 2. The molecule has 1 aliphatic rings. The van der Waals surface area contributed by atoms with Gasteiger partial charge in [-0.1, -0.05) is 20.3 Å². The van der Waals surface area contributed by atoms with Crippen molar-refractivity contribution in [1.82, 2.24) is 29.4 Å². The maximum atomic E-state index is 13.4. The number of ether oxygens (including phenoxy) is 1. The number of sulfonamides is 1. The molecule has 1 aliphatic heterocycles. The third-order valence-electron chi connectivity index (χ3n) is 6.15. The molecule has 1 saturated heterocycles. The van der Waals surface area contributed by atoms with Gasteiger partial charge in [-0.05, 0) is 63.8 Å². The molecule has 1 unspecified atom stereocenters. The summed E-state index contributed by atoms with van der Waals surface area (Å²) in [5, 5.41) is 4.42. The molecule has 2 N–H and O–H groups in total. The Bertz CT molecular complexity index is 1570. The van der Waals surface area contributed by atoms with Crippen LogP contribution in [-0.2, 0) is 23.5 Å². The average molecular weight is 522 g/mol. The van der Waals surface area contributed by atoms with Crippen LogP contribution in [0, 0.1) is 0 Å². The van der Waals surface area contributed by atoms with Crippen molar-refractivity contribution < 1.29 is 20.0 Å². The first-order valence-corrected chi connectivity index (χ1v) is 13.7. The van der Waals surface area contributed by atoms with E-state index in [0.717, 1.165) is 6.42 Å². The molecule has 1 atom stereocenters. The predicted octanol–water partition coefficient (Wildman–Crippen LogP) is 2.83. The number of likely N-dealkylation sites (tertiary alicyclic amines) is 1. The van der Waals surface area contributed by atoms with Crippen molar-refractivity contribution >= 4 is 21.1 Å². The molecule has 4 rings (SSSR count). The lowest BCUT2D eigenvalue weighted by molar-refractivity contribution is 0.297. The molecule has 2 aromatic heterocycles. The van der Waals surface area contributed by atoms with E-state index in [0.29, 0.717) is 61.3 Å². The van der Waals surface area contributed by atoms with E-state index in [4.69, 9.17) is 11.6 Å². The summed E-state index contributed by atoms with van der Waals surface area (Å²) in [6, 6.07) is 3.38. The lowest BCUT2D eigenvalue weighted by atomic mass is 10.1. The second kappa shape index (κ2) is 11.1. The quantitative estimate of drug-likeness (QED) is 0.398. The SMILES string of the molecule is [2H]C([2H])(CC1CCCN1C([2H])([2H])[2H])NS(=O)(=O)c1ccc(OCCC)c(-c2nc3c(CCC)nn(C)c3c(=O)[nH]2)c1. The fourth-order valence-electron chi connectivity index (χ4n) is 4.34.